The second-order valence-electron chi connectivity index (χ2n) is 6.41. The maximum Gasteiger partial charge on any atom is 0.408 e. The van der Waals surface area contributed by atoms with Crippen LogP contribution in [0.5, 0.6) is 0 Å². The third kappa shape index (κ3) is 2.03. The number of hydrogen-bond acceptors (Lipinski definition) is 3. The van der Waals surface area contributed by atoms with Gasteiger partial charge in [-0.25, -0.2) is 4.79 Å². The molecule has 0 aromatic carbocycles. The summed E-state index contributed by atoms with van der Waals surface area (Å²) in [6.07, 6.45) is 3.55. The van der Waals surface area contributed by atoms with E-state index in [4.69, 9.17) is 9.84 Å². The van der Waals surface area contributed by atoms with Crippen molar-refractivity contribution in [3.8, 4) is 0 Å². The summed E-state index contributed by atoms with van der Waals surface area (Å²) in [7, 11) is 0. The summed E-state index contributed by atoms with van der Waals surface area (Å²) in [5.41, 5.74) is -0.127. The van der Waals surface area contributed by atoms with Crippen LogP contribution in [-0.2, 0) is 4.74 Å². The highest BCUT2D eigenvalue weighted by Gasteiger charge is 2.67. The Hall–Kier alpha value is -0.770. The van der Waals surface area contributed by atoms with Crippen LogP contribution < -0.4 is 5.32 Å². The molecule has 0 heterocycles. The van der Waals surface area contributed by atoms with E-state index in [1.165, 1.54) is 0 Å². The van der Waals surface area contributed by atoms with Gasteiger partial charge in [0.05, 0.1) is 0 Å². The fourth-order valence-corrected chi connectivity index (χ4v) is 3.15. The van der Waals surface area contributed by atoms with Crippen molar-refractivity contribution in [2.75, 3.05) is 6.61 Å². The average Bonchev–Trinajstić information content (AvgIpc) is 1.94. The third-order valence-corrected chi connectivity index (χ3v) is 3.55. The Bertz CT molecular complexity index is 286. The van der Waals surface area contributed by atoms with Crippen LogP contribution in [0.1, 0.15) is 46.5 Å². The van der Waals surface area contributed by atoms with E-state index in [9.17, 15) is 4.79 Å². The van der Waals surface area contributed by atoms with Crippen LogP contribution >= 0.6 is 0 Å². The van der Waals surface area contributed by atoms with Crippen LogP contribution in [0.2, 0.25) is 0 Å². The highest BCUT2D eigenvalue weighted by atomic mass is 16.6. The zero-order valence-electron chi connectivity index (χ0n) is 10.3. The lowest BCUT2D eigenvalue weighted by molar-refractivity contribution is -0.161. The molecule has 2 bridgehead atoms. The standard InChI is InChI=1S/C12H21NO3/c1-10(2,3)16-9(15)13-12-6-11(7-12,8-12)4-5-14/h14H,4-8H2,1-3H3,(H,13,15). The molecule has 0 saturated heterocycles. The third-order valence-electron chi connectivity index (χ3n) is 3.55. The second kappa shape index (κ2) is 3.36. The molecule has 0 spiro atoms. The number of hydrogen-bond donors (Lipinski definition) is 2. The van der Waals surface area contributed by atoms with Gasteiger partial charge in [-0.2, -0.15) is 0 Å². The van der Waals surface area contributed by atoms with Crippen molar-refractivity contribution in [2.24, 2.45) is 5.41 Å². The summed E-state index contributed by atoms with van der Waals surface area (Å²) in [5, 5.41) is 11.9. The summed E-state index contributed by atoms with van der Waals surface area (Å²) in [4.78, 5) is 11.6. The molecule has 1 amide bonds. The van der Waals surface area contributed by atoms with Crippen LogP contribution in [0.15, 0.2) is 0 Å². The average molecular weight is 227 g/mol. The van der Waals surface area contributed by atoms with Gasteiger partial charge in [0.2, 0.25) is 0 Å². The minimum absolute atomic E-state index is 0.0164. The molecule has 4 heteroatoms. The lowest BCUT2D eigenvalue weighted by Crippen LogP contribution is -2.74. The van der Waals surface area contributed by atoms with E-state index in [2.05, 4.69) is 5.32 Å². The van der Waals surface area contributed by atoms with Gasteiger partial charge in [-0.1, -0.05) is 0 Å². The summed E-state index contributed by atoms with van der Waals surface area (Å²) in [6.45, 7) is 5.84. The van der Waals surface area contributed by atoms with Crippen LogP contribution in [0.3, 0.4) is 0 Å². The number of amides is 1. The number of rotatable bonds is 3. The van der Waals surface area contributed by atoms with E-state index >= 15 is 0 Å². The molecule has 3 fully saturated rings. The lowest BCUT2D eigenvalue weighted by atomic mass is 9.38. The molecule has 3 aliphatic rings. The summed E-state index contributed by atoms with van der Waals surface area (Å²) < 4.78 is 5.23. The van der Waals surface area contributed by atoms with E-state index in [0.717, 1.165) is 25.7 Å². The molecule has 16 heavy (non-hydrogen) atoms. The van der Waals surface area contributed by atoms with E-state index in [-0.39, 0.29) is 18.2 Å². The van der Waals surface area contributed by atoms with Crippen LogP contribution in [-0.4, -0.2) is 28.9 Å². The van der Waals surface area contributed by atoms with Crippen LogP contribution in [0.4, 0.5) is 4.79 Å². The fraction of sp³-hybridized carbons (Fsp3) is 0.917. The van der Waals surface area contributed by atoms with Crippen molar-refractivity contribution in [3.63, 3.8) is 0 Å². The Morgan fingerprint density at radius 3 is 2.38 bits per heavy atom. The number of aliphatic hydroxyl groups is 1. The van der Waals surface area contributed by atoms with Gasteiger partial charge in [-0.3, -0.25) is 0 Å². The first kappa shape index (κ1) is 11.7. The minimum Gasteiger partial charge on any atom is -0.444 e. The SMILES string of the molecule is CC(C)(C)OC(=O)NC12CC(CCO)(C1)C2. The van der Waals surface area contributed by atoms with Gasteiger partial charge in [0, 0.05) is 12.1 Å². The maximum absolute atomic E-state index is 11.6. The molecular weight excluding hydrogens is 206 g/mol. The Labute approximate surface area is 96.4 Å². The van der Waals surface area contributed by atoms with E-state index in [1.807, 2.05) is 20.8 Å². The first-order valence-electron chi connectivity index (χ1n) is 5.90. The van der Waals surface area contributed by atoms with Crippen molar-refractivity contribution in [1.29, 1.82) is 0 Å². The number of carbonyl (C=O) groups is 1. The van der Waals surface area contributed by atoms with Crippen LogP contribution in [0.25, 0.3) is 0 Å². The largest absolute Gasteiger partial charge is 0.444 e. The van der Waals surface area contributed by atoms with E-state index < -0.39 is 5.60 Å². The molecule has 0 radical (unpaired) electrons. The number of alkyl carbamates (subject to hydrolysis) is 1. The normalized spacial score (nSPS) is 36.0. The van der Waals surface area contributed by atoms with Gasteiger partial charge >= 0.3 is 6.09 Å². The van der Waals surface area contributed by atoms with Gasteiger partial charge in [-0.15, -0.1) is 0 Å². The lowest BCUT2D eigenvalue weighted by Gasteiger charge is -2.70. The molecule has 0 aromatic heterocycles. The van der Waals surface area contributed by atoms with Gasteiger partial charge in [0.15, 0.2) is 0 Å². The Kier molecular flexibility index (Phi) is 2.46. The number of ether oxygens (including phenoxy) is 1. The van der Waals surface area contributed by atoms with Gasteiger partial charge < -0.3 is 15.2 Å². The molecule has 3 rings (SSSR count). The zero-order chi connectivity index (χ0) is 12.0. The Morgan fingerprint density at radius 2 is 1.94 bits per heavy atom. The van der Waals surface area contributed by atoms with Crippen LogP contribution in [0, 0.1) is 5.41 Å². The minimum atomic E-state index is -0.434. The van der Waals surface area contributed by atoms with Crippen molar-refractivity contribution < 1.29 is 14.6 Å². The summed E-state index contributed by atoms with van der Waals surface area (Å²) >= 11 is 0. The fourth-order valence-electron chi connectivity index (χ4n) is 3.15. The molecular formula is C12H21NO3. The topological polar surface area (TPSA) is 58.6 Å². The highest BCUT2D eigenvalue weighted by molar-refractivity contribution is 5.69. The zero-order valence-corrected chi connectivity index (χ0v) is 10.3. The summed E-state index contributed by atoms with van der Waals surface area (Å²) in [5.74, 6) is 0. The molecule has 3 aliphatic carbocycles. The summed E-state index contributed by atoms with van der Waals surface area (Å²) in [6, 6.07) is 0. The Balaban J connectivity index is 1.76. The highest BCUT2D eigenvalue weighted by Crippen LogP contribution is 2.68. The smallest absolute Gasteiger partial charge is 0.408 e. The van der Waals surface area contributed by atoms with Crippen molar-refractivity contribution in [1.82, 2.24) is 5.32 Å². The van der Waals surface area contributed by atoms with Crippen molar-refractivity contribution in [3.05, 3.63) is 0 Å². The first-order valence-corrected chi connectivity index (χ1v) is 5.90. The van der Waals surface area contributed by atoms with E-state index in [1.54, 1.807) is 0 Å². The molecule has 3 saturated carbocycles. The van der Waals surface area contributed by atoms with E-state index in [0.29, 0.717) is 5.41 Å². The Morgan fingerprint density at radius 1 is 1.38 bits per heavy atom. The second-order valence-corrected chi connectivity index (χ2v) is 6.41. The first-order chi connectivity index (χ1) is 7.28. The number of nitrogens with one attached hydrogen (secondary N) is 1. The maximum atomic E-state index is 11.6. The molecule has 0 aliphatic heterocycles. The van der Waals surface area contributed by atoms with Gasteiger partial charge in [0.1, 0.15) is 5.60 Å². The quantitative estimate of drug-likeness (QED) is 0.773. The molecule has 4 nitrogen and oxygen atoms in total. The molecule has 0 atom stereocenters. The molecule has 2 N–H and O–H groups in total. The molecule has 0 unspecified atom stereocenters. The number of aliphatic hydroxyl groups excluding tert-OH is 1. The van der Waals surface area contributed by atoms with Crippen molar-refractivity contribution in [2.45, 2.75) is 57.6 Å². The van der Waals surface area contributed by atoms with Crippen molar-refractivity contribution >= 4 is 6.09 Å². The van der Waals surface area contributed by atoms with Gasteiger partial charge in [-0.05, 0) is 51.9 Å². The monoisotopic (exact) mass is 227 g/mol. The number of carbonyl (C=O) groups excluding carboxylic acids is 1. The predicted molar refractivity (Wildman–Crippen MR) is 60.1 cm³/mol. The van der Waals surface area contributed by atoms with Gasteiger partial charge in [0.25, 0.3) is 0 Å². The molecule has 0 aromatic rings. The predicted octanol–water partition coefficient (Wildman–Crippen LogP) is 1.82. The molecule has 92 valence electrons.